The molecule has 0 bridgehead atoms. The van der Waals surface area contributed by atoms with Crippen molar-refractivity contribution in [3.05, 3.63) is 63.6 Å². The monoisotopic (exact) mass is 474 g/mol. The second kappa shape index (κ2) is 9.21. The van der Waals surface area contributed by atoms with Crippen molar-refractivity contribution in [3.8, 4) is 11.5 Å². The van der Waals surface area contributed by atoms with E-state index in [0.29, 0.717) is 27.9 Å². The molecule has 0 radical (unpaired) electrons. The molecule has 1 unspecified atom stereocenters. The number of phenolic OH excluding ortho intramolecular Hbond substituents is 1. The highest BCUT2D eigenvalue weighted by atomic mass is 79.9. The predicted octanol–water partition coefficient (Wildman–Crippen LogP) is 4.27. The Morgan fingerprint density at radius 1 is 1.23 bits per heavy atom. The molecule has 7 nitrogen and oxygen atoms in total. The van der Waals surface area contributed by atoms with Gasteiger partial charge in [-0.15, -0.1) is 0 Å². The maximum Gasteiger partial charge on any atom is 0.338 e. The van der Waals surface area contributed by atoms with Crippen LogP contribution in [0.2, 0.25) is 0 Å². The molecule has 2 amide bonds. The normalized spacial score (nSPS) is 16.2. The van der Waals surface area contributed by atoms with Crippen molar-refractivity contribution in [2.24, 2.45) is 0 Å². The van der Waals surface area contributed by atoms with Gasteiger partial charge in [0, 0.05) is 0 Å². The second-order valence-electron chi connectivity index (χ2n) is 6.92. The topological polar surface area (TPSA) is 96.9 Å². The SMILES string of the molecule is CCOc1cc(C2NC(=O)NC(c3ccccc3)=C2C(=O)OC(C)C)cc(Br)c1O. The van der Waals surface area contributed by atoms with Crippen LogP contribution in [-0.4, -0.2) is 29.8 Å². The zero-order chi connectivity index (χ0) is 21.8. The van der Waals surface area contributed by atoms with E-state index in [0.717, 1.165) is 0 Å². The fourth-order valence-electron chi connectivity index (χ4n) is 3.17. The molecule has 2 aromatic carbocycles. The lowest BCUT2D eigenvalue weighted by atomic mass is 9.92. The molecule has 3 N–H and O–H groups in total. The van der Waals surface area contributed by atoms with E-state index in [9.17, 15) is 14.7 Å². The molecular weight excluding hydrogens is 452 g/mol. The van der Waals surface area contributed by atoms with E-state index >= 15 is 0 Å². The average Bonchev–Trinajstić information content (AvgIpc) is 2.70. The number of carbonyl (C=O) groups is 2. The third kappa shape index (κ3) is 4.59. The molecule has 0 aliphatic carbocycles. The summed E-state index contributed by atoms with van der Waals surface area (Å²) < 4.78 is 11.4. The minimum Gasteiger partial charge on any atom is -0.503 e. The Morgan fingerprint density at radius 2 is 1.93 bits per heavy atom. The Hall–Kier alpha value is -3.00. The fraction of sp³-hybridized carbons (Fsp3) is 0.273. The maximum absolute atomic E-state index is 13.1. The third-order valence-corrected chi connectivity index (χ3v) is 4.99. The number of rotatable bonds is 6. The van der Waals surface area contributed by atoms with Gasteiger partial charge in [-0.1, -0.05) is 30.3 Å². The Kier molecular flexibility index (Phi) is 6.66. The maximum atomic E-state index is 13.1. The molecule has 0 fully saturated rings. The number of hydrogen-bond acceptors (Lipinski definition) is 5. The molecule has 1 atom stereocenters. The second-order valence-corrected chi connectivity index (χ2v) is 7.78. The molecule has 0 aromatic heterocycles. The van der Waals surface area contributed by atoms with Crippen LogP contribution in [0.5, 0.6) is 11.5 Å². The number of esters is 1. The highest BCUT2D eigenvalue weighted by molar-refractivity contribution is 9.10. The van der Waals surface area contributed by atoms with Crippen LogP contribution in [0.25, 0.3) is 5.70 Å². The van der Waals surface area contributed by atoms with Gasteiger partial charge in [0.15, 0.2) is 11.5 Å². The number of aromatic hydroxyl groups is 1. The molecule has 0 saturated carbocycles. The molecule has 1 aliphatic heterocycles. The first-order valence-corrected chi connectivity index (χ1v) is 10.3. The Balaban J connectivity index is 2.21. The molecule has 2 aromatic rings. The van der Waals surface area contributed by atoms with Crippen molar-refractivity contribution in [1.82, 2.24) is 10.6 Å². The number of halogens is 1. The van der Waals surface area contributed by atoms with Gasteiger partial charge < -0.3 is 25.2 Å². The van der Waals surface area contributed by atoms with E-state index in [1.807, 2.05) is 18.2 Å². The third-order valence-electron chi connectivity index (χ3n) is 4.38. The van der Waals surface area contributed by atoms with Gasteiger partial charge in [0.05, 0.1) is 34.5 Å². The summed E-state index contributed by atoms with van der Waals surface area (Å²) in [7, 11) is 0. The summed E-state index contributed by atoms with van der Waals surface area (Å²) in [5, 5.41) is 15.8. The van der Waals surface area contributed by atoms with Crippen LogP contribution in [0.4, 0.5) is 4.79 Å². The molecule has 0 spiro atoms. The van der Waals surface area contributed by atoms with E-state index in [1.165, 1.54) is 0 Å². The lowest BCUT2D eigenvalue weighted by Gasteiger charge is -2.30. The summed E-state index contributed by atoms with van der Waals surface area (Å²) in [6.45, 7) is 5.66. The van der Waals surface area contributed by atoms with Gasteiger partial charge in [0.1, 0.15) is 0 Å². The number of amides is 2. The van der Waals surface area contributed by atoms with Crippen LogP contribution in [0, 0.1) is 0 Å². The summed E-state index contributed by atoms with van der Waals surface area (Å²) in [5.41, 5.74) is 1.87. The summed E-state index contributed by atoms with van der Waals surface area (Å²) in [6.07, 6.45) is -0.342. The first-order chi connectivity index (χ1) is 14.3. The quantitative estimate of drug-likeness (QED) is 0.543. The van der Waals surface area contributed by atoms with Crippen molar-refractivity contribution >= 4 is 33.6 Å². The smallest absolute Gasteiger partial charge is 0.338 e. The first kappa shape index (κ1) is 21.7. The van der Waals surface area contributed by atoms with Crippen molar-refractivity contribution in [2.75, 3.05) is 6.61 Å². The number of hydrogen-bond donors (Lipinski definition) is 3. The average molecular weight is 475 g/mol. The molecule has 1 heterocycles. The minimum atomic E-state index is -0.809. The van der Waals surface area contributed by atoms with Crippen LogP contribution in [0.15, 0.2) is 52.5 Å². The van der Waals surface area contributed by atoms with Crippen LogP contribution < -0.4 is 15.4 Å². The largest absolute Gasteiger partial charge is 0.503 e. The highest BCUT2D eigenvalue weighted by Crippen LogP contribution is 2.40. The van der Waals surface area contributed by atoms with Crippen LogP contribution >= 0.6 is 15.9 Å². The van der Waals surface area contributed by atoms with E-state index < -0.39 is 18.0 Å². The fourth-order valence-corrected chi connectivity index (χ4v) is 3.63. The Bertz CT molecular complexity index is 989. The van der Waals surface area contributed by atoms with Gasteiger partial charge in [-0.05, 0) is 60.0 Å². The van der Waals surface area contributed by atoms with Gasteiger partial charge in [-0.2, -0.15) is 0 Å². The summed E-state index contributed by atoms with van der Waals surface area (Å²) in [5.74, 6) is -0.365. The number of phenols is 1. The molecule has 8 heteroatoms. The molecule has 30 heavy (non-hydrogen) atoms. The molecule has 158 valence electrons. The zero-order valence-electron chi connectivity index (χ0n) is 16.9. The van der Waals surface area contributed by atoms with E-state index in [4.69, 9.17) is 9.47 Å². The first-order valence-electron chi connectivity index (χ1n) is 9.55. The van der Waals surface area contributed by atoms with E-state index in [2.05, 4.69) is 26.6 Å². The van der Waals surface area contributed by atoms with Gasteiger partial charge >= 0.3 is 12.0 Å². The Labute approximate surface area is 183 Å². The standard InChI is InChI=1S/C22H23BrN2O5/c1-4-29-16-11-14(10-15(23)20(16)26)19-17(21(27)30-12(2)3)18(24-22(28)25-19)13-8-6-5-7-9-13/h5-12,19,26H,4H2,1-3H3,(H2,24,25,28). The number of urea groups is 1. The van der Waals surface area contributed by atoms with Crippen LogP contribution in [0.3, 0.4) is 0 Å². The van der Waals surface area contributed by atoms with Crippen molar-refractivity contribution in [2.45, 2.75) is 32.9 Å². The van der Waals surface area contributed by atoms with Gasteiger partial charge in [0.2, 0.25) is 0 Å². The van der Waals surface area contributed by atoms with Crippen molar-refractivity contribution in [1.29, 1.82) is 0 Å². The molecule has 3 rings (SSSR count). The van der Waals surface area contributed by atoms with Gasteiger partial charge in [-0.3, -0.25) is 0 Å². The number of carbonyl (C=O) groups excluding carboxylic acids is 2. The van der Waals surface area contributed by atoms with E-state index in [1.54, 1.807) is 45.0 Å². The van der Waals surface area contributed by atoms with Gasteiger partial charge in [-0.25, -0.2) is 9.59 Å². The summed E-state index contributed by atoms with van der Waals surface area (Å²) in [6, 6.07) is 11.1. The van der Waals surface area contributed by atoms with Crippen LogP contribution in [0.1, 0.15) is 37.9 Å². The number of benzene rings is 2. The zero-order valence-corrected chi connectivity index (χ0v) is 18.4. The minimum absolute atomic E-state index is 0.0561. The molecule has 1 aliphatic rings. The van der Waals surface area contributed by atoms with Crippen molar-refractivity contribution in [3.63, 3.8) is 0 Å². The highest BCUT2D eigenvalue weighted by Gasteiger charge is 2.35. The lowest BCUT2D eigenvalue weighted by molar-refractivity contribution is -0.143. The van der Waals surface area contributed by atoms with Crippen LogP contribution in [-0.2, 0) is 9.53 Å². The predicted molar refractivity (Wildman–Crippen MR) is 116 cm³/mol. The van der Waals surface area contributed by atoms with Gasteiger partial charge in [0.25, 0.3) is 0 Å². The summed E-state index contributed by atoms with van der Waals surface area (Å²) >= 11 is 3.32. The number of ether oxygens (including phenoxy) is 2. The van der Waals surface area contributed by atoms with E-state index in [-0.39, 0.29) is 23.2 Å². The molecular formula is C22H23BrN2O5. The number of nitrogens with one attached hydrogen (secondary N) is 2. The summed E-state index contributed by atoms with van der Waals surface area (Å²) in [4.78, 5) is 25.6. The molecule has 0 saturated heterocycles. The lowest BCUT2D eigenvalue weighted by Crippen LogP contribution is -2.45. The Morgan fingerprint density at radius 3 is 2.57 bits per heavy atom. The van der Waals surface area contributed by atoms with Crippen molar-refractivity contribution < 1.29 is 24.2 Å².